The summed E-state index contributed by atoms with van der Waals surface area (Å²) in [7, 11) is 0. The van der Waals surface area contributed by atoms with Crippen molar-refractivity contribution >= 4 is 0 Å². The second-order valence-electron chi connectivity index (χ2n) is 4.12. The van der Waals surface area contributed by atoms with Gasteiger partial charge in [0.15, 0.2) is 0 Å². The molecule has 0 radical (unpaired) electrons. The van der Waals surface area contributed by atoms with Crippen molar-refractivity contribution in [2.75, 3.05) is 19.8 Å². The highest BCUT2D eigenvalue weighted by molar-refractivity contribution is 4.68. The fourth-order valence-electron chi connectivity index (χ4n) is 1.51. The van der Waals surface area contributed by atoms with E-state index < -0.39 is 0 Å². The normalized spacial score (nSPS) is 19.9. The molecule has 1 rings (SSSR count). The summed E-state index contributed by atoms with van der Waals surface area (Å²) in [5, 5.41) is 0. The van der Waals surface area contributed by atoms with Gasteiger partial charge in [0.2, 0.25) is 0 Å². The van der Waals surface area contributed by atoms with Crippen molar-refractivity contribution in [2.24, 2.45) is 0 Å². The molecule has 0 aromatic heterocycles. The molecule has 1 atom stereocenters. The van der Waals surface area contributed by atoms with Gasteiger partial charge in [-0.3, -0.25) is 0 Å². The lowest BCUT2D eigenvalue weighted by Gasteiger charge is -2.02. The lowest BCUT2D eigenvalue weighted by atomic mass is 10.1. The zero-order chi connectivity index (χ0) is 10.1. The number of hydrogen-bond donors (Lipinski definition) is 0. The van der Waals surface area contributed by atoms with E-state index in [1.54, 1.807) is 0 Å². The van der Waals surface area contributed by atoms with E-state index in [0.717, 1.165) is 19.8 Å². The Bertz CT molecular complexity index is 121. The summed E-state index contributed by atoms with van der Waals surface area (Å²) in [6, 6.07) is 0. The van der Waals surface area contributed by atoms with Crippen LogP contribution in [0.2, 0.25) is 0 Å². The molecule has 84 valence electrons. The van der Waals surface area contributed by atoms with Crippen LogP contribution >= 0.6 is 0 Å². The lowest BCUT2D eigenvalue weighted by Crippen LogP contribution is -1.96. The minimum absolute atomic E-state index is 0.621. The maximum Gasteiger partial charge on any atom is 0.0810 e. The minimum Gasteiger partial charge on any atom is -0.381 e. The van der Waals surface area contributed by atoms with E-state index >= 15 is 0 Å². The highest BCUT2D eigenvalue weighted by Gasteiger charge is 2.20. The number of ether oxygens (including phenoxy) is 2. The third-order valence-corrected chi connectivity index (χ3v) is 2.61. The van der Waals surface area contributed by atoms with Gasteiger partial charge in [-0.15, -0.1) is 0 Å². The fourth-order valence-corrected chi connectivity index (χ4v) is 1.51. The van der Waals surface area contributed by atoms with Crippen molar-refractivity contribution in [1.29, 1.82) is 0 Å². The summed E-state index contributed by atoms with van der Waals surface area (Å²) >= 11 is 0. The van der Waals surface area contributed by atoms with Gasteiger partial charge in [0, 0.05) is 13.2 Å². The number of rotatable bonds is 10. The smallest absolute Gasteiger partial charge is 0.0810 e. The molecule has 0 aromatic carbocycles. The monoisotopic (exact) mass is 200 g/mol. The van der Waals surface area contributed by atoms with Gasteiger partial charge in [-0.1, -0.05) is 32.6 Å². The van der Waals surface area contributed by atoms with Crippen molar-refractivity contribution in [2.45, 2.75) is 58.0 Å². The topological polar surface area (TPSA) is 21.8 Å². The molecule has 1 aliphatic rings. The van der Waals surface area contributed by atoms with E-state index in [2.05, 4.69) is 6.92 Å². The molecule has 0 aliphatic carbocycles. The van der Waals surface area contributed by atoms with Crippen molar-refractivity contribution < 1.29 is 9.47 Å². The van der Waals surface area contributed by atoms with Crippen LogP contribution in [0.25, 0.3) is 0 Å². The molecular weight excluding hydrogens is 176 g/mol. The lowest BCUT2D eigenvalue weighted by molar-refractivity contribution is 0.127. The Balaban J connectivity index is 1.63. The molecule has 2 heteroatoms. The molecular formula is C12H24O2. The first-order valence-corrected chi connectivity index (χ1v) is 6.13. The van der Waals surface area contributed by atoms with E-state index in [1.165, 1.54) is 44.9 Å². The van der Waals surface area contributed by atoms with Crippen LogP contribution in [0.3, 0.4) is 0 Å². The van der Waals surface area contributed by atoms with Gasteiger partial charge < -0.3 is 9.47 Å². The average Bonchev–Trinajstić information content (AvgIpc) is 2.99. The first kappa shape index (κ1) is 12.0. The largest absolute Gasteiger partial charge is 0.381 e. The van der Waals surface area contributed by atoms with Crippen LogP contribution in [0.1, 0.15) is 51.9 Å². The van der Waals surface area contributed by atoms with Crippen LogP contribution in [0.4, 0.5) is 0 Å². The zero-order valence-corrected chi connectivity index (χ0v) is 9.46. The SMILES string of the molecule is CCCCOCCCCCCC1CO1. The molecule has 1 heterocycles. The van der Waals surface area contributed by atoms with Gasteiger partial charge >= 0.3 is 0 Å². The predicted octanol–water partition coefficient (Wildman–Crippen LogP) is 3.15. The second-order valence-corrected chi connectivity index (χ2v) is 4.12. The van der Waals surface area contributed by atoms with E-state index in [9.17, 15) is 0 Å². The van der Waals surface area contributed by atoms with Gasteiger partial charge in [0.1, 0.15) is 0 Å². The highest BCUT2D eigenvalue weighted by atomic mass is 16.6. The maximum atomic E-state index is 5.49. The van der Waals surface area contributed by atoms with Gasteiger partial charge in [-0.05, 0) is 19.3 Å². The number of unbranched alkanes of at least 4 members (excludes halogenated alkanes) is 4. The van der Waals surface area contributed by atoms with Gasteiger partial charge in [-0.25, -0.2) is 0 Å². The van der Waals surface area contributed by atoms with E-state index in [0.29, 0.717) is 6.10 Å². The molecule has 0 saturated carbocycles. The van der Waals surface area contributed by atoms with Crippen molar-refractivity contribution in [3.63, 3.8) is 0 Å². The molecule has 0 spiro atoms. The molecule has 1 aliphatic heterocycles. The van der Waals surface area contributed by atoms with Crippen molar-refractivity contribution in [3.8, 4) is 0 Å². The van der Waals surface area contributed by atoms with Crippen LogP contribution in [0.5, 0.6) is 0 Å². The first-order chi connectivity index (χ1) is 6.93. The summed E-state index contributed by atoms with van der Waals surface area (Å²) in [6.07, 6.45) is 9.57. The van der Waals surface area contributed by atoms with Crippen molar-refractivity contribution in [1.82, 2.24) is 0 Å². The van der Waals surface area contributed by atoms with E-state index in [1.807, 2.05) is 0 Å². The van der Waals surface area contributed by atoms with Crippen LogP contribution in [0.15, 0.2) is 0 Å². The summed E-state index contributed by atoms with van der Waals surface area (Å²) in [5.74, 6) is 0. The summed E-state index contributed by atoms with van der Waals surface area (Å²) < 4.78 is 10.6. The molecule has 1 fully saturated rings. The van der Waals surface area contributed by atoms with Gasteiger partial charge in [-0.2, -0.15) is 0 Å². The van der Waals surface area contributed by atoms with E-state index in [-0.39, 0.29) is 0 Å². The second kappa shape index (κ2) is 8.25. The number of epoxide rings is 1. The molecule has 14 heavy (non-hydrogen) atoms. The zero-order valence-electron chi connectivity index (χ0n) is 9.46. The third kappa shape index (κ3) is 7.34. The van der Waals surface area contributed by atoms with Gasteiger partial charge in [0.05, 0.1) is 12.7 Å². The third-order valence-electron chi connectivity index (χ3n) is 2.61. The summed E-state index contributed by atoms with van der Waals surface area (Å²) in [4.78, 5) is 0. The molecule has 0 bridgehead atoms. The van der Waals surface area contributed by atoms with Gasteiger partial charge in [0.25, 0.3) is 0 Å². The Labute approximate surface area is 88.0 Å². The maximum absolute atomic E-state index is 5.49. The van der Waals surface area contributed by atoms with Crippen LogP contribution < -0.4 is 0 Å². The minimum atomic E-state index is 0.621. The first-order valence-electron chi connectivity index (χ1n) is 6.13. The van der Waals surface area contributed by atoms with Crippen molar-refractivity contribution in [3.05, 3.63) is 0 Å². The Morgan fingerprint density at radius 1 is 1.07 bits per heavy atom. The standard InChI is InChI=1S/C12H24O2/c1-2-3-9-13-10-7-5-4-6-8-12-11-14-12/h12H,2-11H2,1H3. The van der Waals surface area contributed by atoms with Crippen LogP contribution in [-0.4, -0.2) is 25.9 Å². The Hall–Kier alpha value is -0.0800. The molecule has 2 nitrogen and oxygen atoms in total. The Kier molecular flexibility index (Phi) is 7.06. The average molecular weight is 200 g/mol. The molecule has 0 N–H and O–H groups in total. The molecule has 1 unspecified atom stereocenters. The Morgan fingerprint density at radius 2 is 1.79 bits per heavy atom. The molecule has 0 aromatic rings. The quantitative estimate of drug-likeness (QED) is 0.399. The van der Waals surface area contributed by atoms with Crippen LogP contribution in [-0.2, 0) is 9.47 Å². The summed E-state index contributed by atoms with van der Waals surface area (Å²) in [5.41, 5.74) is 0. The number of hydrogen-bond acceptors (Lipinski definition) is 2. The molecule has 0 amide bonds. The van der Waals surface area contributed by atoms with Crippen LogP contribution in [0, 0.1) is 0 Å². The molecule has 1 saturated heterocycles. The highest BCUT2D eigenvalue weighted by Crippen LogP contribution is 2.17. The Morgan fingerprint density at radius 3 is 2.50 bits per heavy atom. The predicted molar refractivity (Wildman–Crippen MR) is 58.6 cm³/mol. The van der Waals surface area contributed by atoms with E-state index in [4.69, 9.17) is 9.47 Å². The summed E-state index contributed by atoms with van der Waals surface area (Å²) in [6.45, 7) is 5.12. The fraction of sp³-hybridized carbons (Fsp3) is 1.00.